The van der Waals surface area contributed by atoms with E-state index in [1.165, 1.54) is 11.5 Å². The third-order valence-corrected chi connectivity index (χ3v) is 2.97. The van der Waals surface area contributed by atoms with Crippen LogP contribution in [0.25, 0.3) is 0 Å². The number of hydrogen-bond acceptors (Lipinski definition) is 6. The van der Waals surface area contributed by atoms with Crippen molar-refractivity contribution in [2.75, 3.05) is 0 Å². The average Bonchev–Trinajstić information content (AvgIpc) is 2.85. The van der Waals surface area contributed by atoms with Gasteiger partial charge in [-0.15, -0.1) is 5.10 Å². The average molecular weight is 238 g/mol. The molecule has 1 atom stereocenters. The fourth-order valence-electron chi connectivity index (χ4n) is 1.64. The van der Waals surface area contributed by atoms with Gasteiger partial charge in [-0.2, -0.15) is 5.10 Å². The van der Waals surface area contributed by atoms with Crippen LogP contribution in [-0.2, 0) is 13.5 Å². The maximum Gasteiger partial charge on any atom is 0.0942 e. The summed E-state index contributed by atoms with van der Waals surface area (Å²) in [7, 11) is 1.93. The minimum absolute atomic E-state index is 0.0199. The van der Waals surface area contributed by atoms with E-state index in [1.54, 1.807) is 0 Å². The molecular weight excluding hydrogens is 224 g/mol. The van der Waals surface area contributed by atoms with Crippen molar-refractivity contribution in [1.82, 2.24) is 24.8 Å². The van der Waals surface area contributed by atoms with Crippen LogP contribution in [0.5, 0.6) is 0 Å². The van der Waals surface area contributed by atoms with Gasteiger partial charge in [0, 0.05) is 24.5 Å². The predicted molar refractivity (Wildman–Crippen MR) is 61.6 cm³/mol. The van der Waals surface area contributed by atoms with Crippen molar-refractivity contribution in [3.63, 3.8) is 0 Å². The number of hydrazine groups is 1. The molecule has 2 aromatic heterocycles. The summed E-state index contributed by atoms with van der Waals surface area (Å²) < 4.78 is 5.69. The van der Waals surface area contributed by atoms with Crippen LogP contribution in [0.15, 0.2) is 11.4 Å². The lowest BCUT2D eigenvalue weighted by Gasteiger charge is -2.12. The molecule has 2 heterocycles. The Bertz CT molecular complexity index is 449. The third kappa shape index (κ3) is 2.26. The van der Waals surface area contributed by atoms with Gasteiger partial charge in [0.15, 0.2) is 0 Å². The minimum atomic E-state index is -0.0199. The summed E-state index contributed by atoms with van der Waals surface area (Å²) in [5.74, 6) is 5.53. The first-order valence-electron chi connectivity index (χ1n) is 4.93. The zero-order valence-electron chi connectivity index (χ0n) is 9.21. The third-order valence-electron chi connectivity index (χ3n) is 2.45. The highest BCUT2D eigenvalue weighted by Crippen LogP contribution is 2.16. The Morgan fingerprint density at radius 1 is 1.62 bits per heavy atom. The van der Waals surface area contributed by atoms with E-state index in [1.807, 2.05) is 30.1 Å². The van der Waals surface area contributed by atoms with Gasteiger partial charge in [-0.1, -0.05) is 4.49 Å². The fourth-order valence-corrected chi connectivity index (χ4v) is 2.14. The molecule has 0 spiro atoms. The Morgan fingerprint density at radius 3 is 2.94 bits per heavy atom. The van der Waals surface area contributed by atoms with Crippen LogP contribution in [-0.4, -0.2) is 19.4 Å². The second-order valence-corrected chi connectivity index (χ2v) is 4.26. The number of nitrogens with zero attached hydrogens (tertiary/aromatic N) is 4. The minimum Gasteiger partial charge on any atom is -0.272 e. The number of aryl methyl sites for hydroxylation is 2. The molecule has 0 saturated carbocycles. The second kappa shape index (κ2) is 4.69. The Hall–Kier alpha value is -1.31. The van der Waals surface area contributed by atoms with Gasteiger partial charge in [-0.25, -0.2) is 0 Å². The second-order valence-electron chi connectivity index (χ2n) is 3.65. The molecule has 1 unspecified atom stereocenters. The molecule has 7 heteroatoms. The summed E-state index contributed by atoms with van der Waals surface area (Å²) in [6.45, 7) is 1.97. The summed E-state index contributed by atoms with van der Waals surface area (Å²) >= 11 is 1.32. The lowest BCUT2D eigenvalue weighted by atomic mass is 10.1. The first-order valence-corrected chi connectivity index (χ1v) is 5.77. The van der Waals surface area contributed by atoms with Crippen LogP contribution in [0.4, 0.5) is 0 Å². The van der Waals surface area contributed by atoms with Gasteiger partial charge < -0.3 is 0 Å². The molecule has 2 aromatic rings. The molecule has 0 aromatic carbocycles. The summed E-state index contributed by atoms with van der Waals surface area (Å²) in [4.78, 5) is 0. The summed E-state index contributed by atoms with van der Waals surface area (Å²) in [6.07, 6.45) is 0.749. The normalized spacial score (nSPS) is 12.9. The molecule has 0 fully saturated rings. The summed E-state index contributed by atoms with van der Waals surface area (Å²) in [5, 5.41) is 10.2. The van der Waals surface area contributed by atoms with E-state index in [9.17, 15) is 0 Å². The van der Waals surface area contributed by atoms with Crippen LogP contribution < -0.4 is 11.3 Å². The fraction of sp³-hybridized carbons (Fsp3) is 0.444. The molecule has 0 bridgehead atoms. The van der Waals surface area contributed by atoms with Gasteiger partial charge in [-0.05, 0) is 24.5 Å². The van der Waals surface area contributed by atoms with Crippen molar-refractivity contribution in [2.24, 2.45) is 12.9 Å². The molecule has 0 aliphatic heterocycles. The van der Waals surface area contributed by atoms with Crippen LogP contribution in [0.3, 0.4) is 0 Å². The van der Waals surface area contributed by atoms with Crippen molar-refractivity contribution >= 4 is 11.5 Å². The molecule has 6 nitrogen and oxygen atoms in total. The van der Waals surface area contributed by atoms with E-state index < -0.39 is 0 Å². The molecular formula is C9H14N6S. The highest BCUT2D eigenvalue weighted by Gasteiger charge is 2.15. The zero-order chi connectivity index (χ0) is 11.5. The maximum atomic E-state index is 5.53. The Kier molecular flexibility index (Phi) is 3.28. The lowest BCUT2D eigenvalue weighted by molar-refractivity contribution is 0.517. The highest BCUT2D eigenvalue weighted by molar-refractivity contribution is 7.03. The van der Waals surface area contributed by atoms with E-state index in [4.69, 9.17) is 5.84 Å². The van der Waals surface area contributed by atoms with Gasteiger partial charge in [0.2, 0.25) is 0 Å². The van der Waals surface area contributed by atoms with Gasteiger partial charge in [0.1, 0.15) is 0 Å². The quantitative estimate of drug-likeness (QED) is 0.592. The zero-order valence-corrected chi connectivity index (χ0v) is 10.0. The number of nitrogens with two attached hydrogens (primary N) is 1. The predicted octanol–water partition coefficient (Wildman–Crippen LogP) is 0.327. The number of rotatable bonds is 4. The van der Waals surface area contributed by atoms with E-state index in [2.05, 4.69) is 20.1 Å². The molecule has 3 N–H and O–H groups in total. The number of aromatic nitrogens is 4. The van der Waals surface area contributed by atoms with Crippen molar-refractivity contribution in [1.29, 1.82) is 0 Å². The molecule has 0 aliphatic carbocycles. The van der Waals surface area contributed by atoms with Gasteiger partial charge in [0.25, 0.3) is 0 Å². The Labute approximate surface area is 97.6 Å². The molecule has 2 rings (SSSR count). The largest absolute Gasteiger partial charge is 0.272 e. The highest BCUT2D eigenvalue weighted by atomic mass is 32.1. The number of hydrogen-bond donors (Lipinski definition) is 2. The van der Waals surface area contributed by atoms with E-state index >= 15 is 0 Å². The van der Waals surface area contributed by atoms with Crippen molar-refractivity contribution < 1.29 is 0 Å². The molecule has 0 aliphatic rings. The molecule has 0 saturated heterocycles. The van der Waals surface area contributed by atoms with Gasteiger partial charge in [0.05, 0.1) is 17.4 Å². The van der Waals surface area contributed by atoms with Crippen LogP contribution in [0, 0.1) is 6.92 Å². The molecule has 0 amide bonds. The van der Waals surface area contributed by atoms with E-state index in [0.717, 1.165) is 23.5 Å². The monoisotopic (exact) mass is 238 g/mol. The van der Waals surface area contributed by atoms with Gasteiger partial charge in [-0.3, -0.25) is 16.0 Å². The number of nitrogens with one attached hydrogen (secondary N) is 1. The molecule has 86 valence electrons. The van der Waals surface area contributed by atoms with Crippen molar-refractivity contribution in [3.8, 4) is 0 Å². The first-order chi connectivity index (χ1) is 7.70. The van der Waals surface area contributed by atoms with E-state index in [0.29, 0.717) is 0 Å². The first kappa shape index (κ1) is 11.2. The molecule has 16 heavy (non-hydrogen) atoms. The van der Waals surface area contributed by atoms with Crippen LogP contribution in [0.2, 0.25) is 0 Å². The summed E-state index contributed by atoms with van der Waals surface area (Å²) in [5.41, 5.74) is 5.74. The van der Waals surface area contributed by atoms with Crippen LogP contribution in [0.1, 0.15) is 23.1 Å². The van der Waals surface area contributed by atoms with Crippen molar-refractivity contribution in [2.45, 2.75) is 19.4 Å². The SMILES string of the molecule is Cc1cc(CC(NN)c2csnn2)n(C)n1. The maximum absolute atomic E-state index is 5.53. The molecule has 0 radical (unpaired) electrons. The smallest absolute Gasteiger partial charge is 0.0942 e. The van der Waals surface area contributed by atoms with Gasteiger partial charge >= 0.3 is 0 Å². The Balaban J connectivity index is 2.16. The Morgan fingerprint density at radius 2 is 2.44 bits per heavy atom. The van der Waals surface area contributed by atoms with Crippen LogP contribution >= 0.6 is 11.5 Å². The van der Waals surface area contributed by atoms with Crippen molar-refractivity contribution in [3.05, 3.63) is 28.5 Å². The lowest BCUT2D eigenvalue weighted by Crippen LogP contribution is -2.30. The van der Waals surface area contributed by atoms with E-state index in [-0.39, 0.29) is 6.04 Å². The standard InChI is InChI=1S/C9H14N6S/c1-6-3-7(15(2)13-6)4-8(11-10)9-5-16-14-12-9/h3,5,8,11H,4,10H2,1-2H3. The topological polar surface area (TPSA) is 81.6 Å². The summed E-state index contributed by atoms with van der Waals surface area (Å²) in [6, 6.07) is 2.03.